The Morgan fingerprint density at radius 1 is 1.14 bits per heavy atom. The second kappa shape index (κ2) is 10.1. The van der Waals surface area contributed by atoms with Crippen LogP contribution in [0.15, 0.2) is 24.3 Å². The van der Waals surface area contributed by atoms with Crippen molar-refractivity contribution in [3.05, 3.63) is 29.3 Å². The van der Waals surface area contributed by atoms with Crippen LogP contribution in [0, 0.1) is 5.92 Å². The van der Waals surface area contributed by atoms with E-state index in [0.29, 0.717) is 36.3 Å². The van der Waals surface area contributed by atoms with Gasteiger partial charge < -0.3 is 15.0 Å². The Kier molecular flexibility index (Phi) is 7.57. The van der Waals surface area contributed by atoms with Crippen LogP contribution >= 0.6 is 11.6 Å². The third-order valence-electron chi connectivity index (χ3n) is 5.70. The summed E-state index contributed by atoms with van der Waals surface area (Å²) in [7, 11) is 0. The Labute approximate surface area is 172 Å². The SMILES string of the molecule is CCNC(=O)[C@H](C1CCCC1)N1CCN(C(=O)COc2ccc(Cl)cc2)CC1. The minimum absolute atomic E-state index is 0.0179. The lowest BCUT2D eigenvalue weighted by Gasteiger charge is -2.40. The molecular weight excluding hydrogens is 378 g/mol. The fourth-order valence-electron chi connectivity index (χ4n) is 4.25. The second-order valence-electron chi connectivity index (χ2n) is 7.54. The van der Waals surface area contributed by atoms with E-state index in [1.165, 1.54) is 12.8 Å². The number of ether oxygens (including phenoxy) is 1. The average Bonchev–Trinajstić information content (AvgIpc) is 3.22. The van der Waals surface area contributed by atoms with Gasteiger partial charge in [0.25, 0.3) is 5.91 Å². The van der Waals surface area contributed by atoms with Crippen LogP contribution in [0.2, 0.25) is 5.02 Å². The molecule has 2 fully saturated rings. The summed E-state index contributed by atoms with van der Waals surface area (Å²) in [5.41, 5.74) is 0. The third-order valence-corrected chi connectivity index (χ3v) is 5.95. The molecule has 1 N–H and O–H groups in total. The van der Waals surface area contributed by atoms with Crippen LogP contribution < -0.4 is 10.1 Å². The van der Waals surface area contributed by atoms with Gasteiger partial charge in [0, 0.05) is 37.7 Å². The lowest BCUT2D eigenvalue weighted by Crippen LogP contribution is -2.58. The largest absolute Gasteiger partial charge is 0.484 e. The molecule has 0 aromatic heterocycles. The highest BCUT2D eigenvalue weighted by molar-refractivity contribution is 6.30. The number of carbonyl (C=O) groups excluding carboxylic acids is 2. The van der Waals surface area contributed by atoms with Crippen LogP contribution in [0.5, 0.6) is 5.75 Å². The third kappa shape index (κ3) is 5.39. The predicted molar refractivity (Wildman–Crippen MR) is 110 cm³/mol. The summed E-state index contributed by atoms with van der Waals surface area (Å²) in [5, 5.41) is 3.64. The highest BCUT2D eigenvalue weighted by Crippen LogP contribution is 2.31. The molecule has 1 aromatic carbocycles. The smallest absolute Gasteiger partial charge is 0.260 e. The Morgan fingerprint density at radius 2 is 1.79 bits per heavy atom. The van der Waals surface area contributed by atoms with Gasteiger partial charge in [0.2, 0.25) is 5.91 Å². The number of nitrogens with one attached hydrogen (secondary N) is 1. The highest BCUT2D eigenvalue weighted by Gasteiger charge is 2.37. The minimum atomic E-state index is -0.0648. The van der Waals surface area contributed by atoms with E-state index in [-0.39, 0.29) is 24.5 Å². The molecule has 0 radical (unpaired) electrons. The Balaban J connectivity index is 1.50. The van der Waals surface area contributed by atoms with Gasteiger partial charge in [-0.05, 0) is 49.9 Å². The van der Waals surface area contributed by atoms with E-state index in [4.69, 9.17) is 16.3 Å². The molecular formula is C21H30ClN3O3. The molecule has 1 aliphatic heterocycles. The van der Waals surface area contributed by atoms with Crippen LogP contribution in [0.1, 0.15) is 32.6 Å². The van der Waals surface area contributed by atoms with E-state index in [1.807, 2.05) is 11.8 Å². The zero-order chi connectivity index (χ0) is 19.9. The van der Waals surface area contributed by atoms with Crippen molar-refractivity contribution in [2.75, 3.05) is 39.3 Å². The Bertz CT molecular complexity index is 653. The van der Waals surface area contributed by atoms with Crippen LogP contribution in [-0.2, 0) is 9.59 Å². The molecule has 0 spiro atoms. The second-order valence-corrected chi connectivity index (χ2v) is 7.98. The minimum Gasteiger partial charge on any atom is -0.484 e. The molecule has 154 valence electrons. The number of benzene rings is 1. The first-order valence-corrected chi connectivity index (χ1v) is 10.6. The molecule has 1 aromatic rings. The van der Waals surface area contributed by atoms with Crippen LogP contribution in [-0.4, -0.2) is 67.0 Å². The summed E-state index contributed by atoms with van der Waals surface area (Å²) in [5.74, 6) is 1.18. The van der Waals surface area contributed by atoms with E-state index < -0.39 is 0 Å². The van der Waals surface area contributed by atoms with Gasteiger partial charge in [-0.15, -0.1) is 0 Å². The molecule has 0 bridgehead atoms. The maximum Gasteiger partial charge on any atom is 0.260 e. The number of piperazine rings is 1. The van der Waals surface area contributed by atoms with Crippen molar-refractivity contribution in [3.63, 3.8) is 0 Å². The van der Waals surface area contributed by atoms with Gasteiger partial charge in [0.1, 0.15) is 5.75 Å². The fraction of sp³-hybridized carbons (Fsp3) is 0.619. The summed E-state index contributed by atoms with van der Waals surface area (Å²) in [4.78, 5) is 29.2. The molecule has 2 aliphatic rings. The number of hydrogen-bond acceptors (Lipinski definition) is 4. The Morgan fingerprint density at radius 3 is 2.39 bits per heavy atom. The van der Waals surface area contributed by atoms with Gasteiger partial charge >= 0.3 is 0 Å². The number of carbonyl (C=O) groups is 2. The van der Waals surface area contributed by atoms with Gasteiger partial charge in [0.05, 0.1) is 6.04 Å². The lowest BCUT2D eigenvalue weighted by atomic mass is 9.95. The number of likely N-dealkylation sites (N-methyl/N-ethyl adjacent to an activating group) is 1. The van der Waals surface area contributed by atoms with E-state index in [2.05, 4.69) is 10.2 Å². The Hall–Kier alpha value is -1.79. The summed E-state index contributed by atoms with van der Waals surface area (Å²) < 4.78 is 5.57. The molecule has 0 unspecified atom stereocenters. The lowest BCUT2D eigenvalue weighted by molar-refractivity contribution is -0.137. The fourth-order valence-corrected chi connectivity index (χ4v) is 4.37. The van der Waals surface area contributed by atoms with Gasteiger partial charge in [-0.2, -0.15) is 0 Å². The number of amides is 2. The summed E-state index contributed by atoms with van der Waals surface area (Å²) in [6, 6.07) is 6.93. The molecule has 6 nitrogen and oxygen atoms in total. The molecule has 28 heavy (non-hydrogen) atoms. The monoisotopic (exact) mass is 407 g/mol. The van der Waals surface area contributed by atoms with E-state index in [1.54, 1.807) is 24.3 Å². The number of nitrogens with zero attached hydrogens (tertiary/aromatic N) is 2. The number of rotatable bonds is 7. The number of halogens is 1. The molecule has 3 rings (SSSR count). The maximum absolute atomic E-state index is 12.7. The van der Waals surface area contributed by atoms with Crippen molar-refractivity contribution in [3.8, 4) is 5.75 Å². The van der Waals surface area contributed by atoms with Crippen molar-refractivity contribution in [1.82, 2.24) is 15.1 Å². The summed E-state index contributed by atoms with van der Waals surface area (Å²) in [6.45, 7) is 5.35. The van der Waals surface area contributed by atoms with Crippen molar-refractivity contribution >= 4 is 23.4 Å². The molecule has 2 amide bonds. The first-order chi connectivity index (χ1) is 13.6. The molecule has 1 aliphatic carbocycles. The standard InChI is InChI=1S/C21H30ClN3O3/c1-2-23-21(27)20(16-5-3-4-6-16)25-13-11-24(12-14-25)19(26)15-28-18-9-7-17(22)8-10-18/h7-10,16,20H,2-6,11-15H2,1H3,(H,23,27)/t20-/m0/s1. The van der Waals surface area contributed by atoms with Gasteiger partial charge in [0.15, 0.2) is 6.61 Å². The van der Waals surface area contributed by atoms with E-state index in [9.17, 15) is 9.59 Å². The van der Waals surface area contributed by atoms with Gasteiger partial charge in [-0.1, -0.05) is 24.4 Å². The zero-order valence-electron chi connectivity index (χ0n) is 16.5. The van der Waals surface area contributed by atoms with Crippen molar-refractivity contribution in [1.29, 1.82) is 0 Å². The summed E-state index contributed by atoms with van der Waals surface area (Å²) in [6.07, 6.45) is 4.66. The van der Waals surface area contributed by atoms with Crippen LogP contribution in [0.25, 0.3) is 0 Å². The van der Waals surface area contributed by atoms with E-state index >= 15 is 0 Å². The molecule has 1 saturated heterocycles. The zero-order valence-corrected chi connectivity index (χ0v) is 17.3. The normalized spacial score (nSPS) is 19.4. The molecule has 1 saturated carbocycles. The van der Waals surface area contributed by atoms with Crippen LogP contribution in [0.4, 0.5) is 0 Å². The van der Waals surface area contributed by atoms with Crippen LogP contribution in [0.3, 0.4) is 0 Å². The molecule has 1 heterocycles. The molecule has 7 heteroatoms. The van der Waals surface area contributed by atoms with Crippen molar-refractivity contribution in [2.24, 2.45) is 5.92 Å². The van der Waals surface area contributed by atoms with Crippen molar-refractivity contribution < 1.29 is 14.3 Å². The summed E-state index contributed by atoms with van der Waals surface area (Å²) >= 11 is 5.86. The van der Waals surface area contributed by atoms with Gasteiger partial charge in [-0.3, -0.25) is 14.5 Å². The number of hydrogen-bond donors (Lipinski definition) is 1. The average molecular weight is 408 g/mol. The first kappa shape index (κ1) is 20.9. The maximum atomic E-state index is 12.7. The molecule has 1 atom stereocenters. The highest BCUT2D eigenvalue weighted by atomic mass is 35.5. The van der Waals surface area contributed by atoms with Gasteiger partial charge in [-0.25, -0.2) is 0 Å². The quantitative estimate of drug-likeness (QED) is 0.754. The van der Waals surface area contributed by atoms with E-state index in [0.717, 1.165) is 25.9 Å². The predicted octanol–water partition coefficient (Wildman–Crippen LogP) is 2.56. The topological polar surface area (TPSA) is 61.9 Å². The van der Waals surface area contributed by atoms with Crippen molar-refractivity contribution in [2.45, 2.75) is 38.6 Å². The first-order valence-electron chi connectivity index (χ1n) is 10.3.